The fourth-order valence-corrected chi connectivity index (χ4v) is 3.94. The van der Waals surface area contributed by atoms with Gasteiger partial charge in [0.1, 0.15) is 0 Å². The Balaban J connectivity index is 1.81. The number of hydrogen-bond donors (Lipinski definition) is 1. The van der Waals surface area contributed by atoms with Crippen LogP contribution in [0.15, 0.2) is 24.3 Å². The van der Waals surface area contributed by atoms with Crippen LogP contribution in [-0.4, -0.2) is 12.1 Å². The van der Waals surface area contributed by atoms with Crippen molar-refractivity contribution in [1.29, 1.82) is 0 Å². The van der Waals surface area contributed by atoms with Crippen LogP contribution in [-0.2, 0) is 12.8 Å². The normalized spacial score (nSPS) is 30.2. The topological polar surface area (TPSA) is 12.0 Å². The van der Waals surface area contributed by atoms with Gasteiger partial charge in [0, 0.05) is 6.04 Å². The Labute approximate surface area is 116 Å². The molecule has 0 aromatic heterocycles. The molecule has 0 heterocycles. The van der Waals surface area contributed by atoms with Gasteiger partial charge in [0.25, 0.3) is 0 Å². The molecule has 0 aliphatic heterocycles. The third-order valence-corrected chi connectivity index (χ3v) is 5.01. The van der Waals surface area contributed by atoms with Crippen molar-refractivity contribution < 1.29 is 0 Å². The molecule has 1 nitrogen and oxygen atoms in total. The predicted octanol–water partition coefficient (Wildman–Crippen LogP) is 3.18. The van der Waals surface area contributed by atoms with Crippen LogP contribution >= 0.6 is 0 Å². The Morgan fingerprint density at radius 1 is 1.21 bits per heavy atom. The Kier molecular flexibility index (Phi) is 3.62. The summed E-state index contributed by atoms with van der Waals surface area (Å²) in [6, 6.07) is 9.84. The number of fused-ring (bicyclic) bond motifs is 3. The Morgan fingerprint density at radius 2 is 1.79 bits per heavy atom. The van der Waals surface area contributed by atoms with Crippen LogP contribution in [0.2, 0.25) is 0 Å². The minimum absolute atomic E-state index is 0.245. The molecule has 0 saturated heterocycles. The van der Waals surface area contributed by atoms with Crippen molar-refractivity contribution in [2.45, 2.75) is 51.1 Å². The molecule has 1 fully saturated rings. The number of benzene rings is 1. The lowest BCUT2D eigenvalue weighted by Crippen LogP contribution is -2.43. The second-order valence-electron chi connectivity index (χ2n) is 6.09. The Hall–Kier alpha value is -1.26. The average Bonchev–Trinajstić information content (AvgIpc) is 2.70. The molecule has 1 aromatic rings. The standard InChI is InChI=1S/C18H23N/c1-3-17(4-2)19-18-15-9-10-16(18)12-14-8-6-5-7-13(14)11-15/h1,5-8,15-19H,4,9-12H2,2H3. The molecule has 3 rings (SSSR count). The zero-order chi connectivity index (χ0) is 13.2. The summed E-state index contributed by atoms with van der Waals surface area (Å²) in [6.07, 6.45) is 11.8. The molecule has 100 valence electrons. The lowest BCUT2D eigenvalue weighted by molar-refractivity contribution is 0.324. The van der Waals surface area contributed by atoms with E-state index >= 15 is 0 Å². The van der Waals surface area contributed by atoms with E-state index in [0.29, 0.717) is 6.04 Å². The van der Waals surface area contributed by atoms with Crippen molar-refractivity contribution in [2.24, 2.45) is 11.8 Å². The maximum atomic E-state index is 5.62. The molecule has 2 aliphatic rings. The highest BCUT2D eigenvalue weighted by Gasteiger charge is 2.39. The molecule has 0 spiro atoms. The van der Waals surface area contributed by atoms with Crippen LogP contribution in [0.4, 0.5) is 0 Å². The average molecular weight is 253 g/mol. The van der Waals surface area contributed by atoms with E-state index in [4.69, 9.17) is 6.42 Å². The summed E-state index contributed by atoms with van der Waals surface area (Å²) >= 11 is 0. The van der Waals surface area contributed by atoms with Gasteiger partial charge in [-0.15, -0.1) is 6.42 Å². The predicted molar refractivity (Wildman–Crippen MR) is 79.9 cm³/mol. The van der Waals surface area contributed by atoms with Gasteiger partial charge in [0.2, 0.25) is 0 Å². The highest BCUT2D eigenvalue weighted by molar-refractivity contribution is 5.31. The molecule has 0 radical (unpaired) electrons. The van der Waals surface area contributed by atoms with Gasteiger partial charge < -0.3 is 5.32 Å². The highest BCUT2D eigenvalue weighted by Crippen LogP contribution is 2.40. The number of rotatable bonds is 3. The zero-order valence-electron chi connectivity index (χ0n) is 11.7. The van der Waals surface area contributed by atoms with Crippen molar-refractivity contribution >= 4 is 0 Å². The molecule has 2 aliphatic carbocycles. The van der Waals surface area contributed by atoms with E-state index in [1.54, 1.807) is 11.1 Å². The van der Waals surface area contributed by atoms with E-state index in [0.717, 1.165) is 18.3 Å². The molecule has 2 bridgehead atoms. The summed E-state index contributed by atoms with van der Waals surface area (Å²) < 4.78 is 0. The summed E-state index contributed by atoms with van der Waals surface area (Å²) in [7, 11) is 0. The van der Waals surface area contributed by atoms with Gasteiger partial charge in [-0.3, -0.25) is 0 Å². The van der Waals surface area contributed by atoms with Crippen molar-refractivity contribution in [3.8, 4) is 12.3 Å². The molecule has 19 heavy (non-hydrogen) atoms. The molecule has 1 heteroatoms. The first kappa shape index (κ1) is 12.8. The quantitative estimate of drug-likeness (QED) is 0.816. The SMILES string of the molecule is C#CC(CC)NC1C2CCC1Cc1ccccc1C2. The van der Waals surface area contributed by atoms with Crippen molar-refractivity contribution in [3.05, 3.63) is 35.4 Å². The van der Waals surface area contributed by atoms with E-state index in [1.165, 1.54) is 25.7 Å². The van der Waals surface area contributed by atoms with Gasteiger partial charge in [-0.1, -0.05) is 37.1 Å². The molecule has 3 atom stereocenters. The van der Waals surface area contributed by atoms with Crippen molar-refractivity contribution in [1.82, 2.24) is 5.32 Å². The first-order chi connectivity index (χ1) is 9.31. The monoisotopic (exact) mass is 253 g/mol. The van der Waals surface area contributed by atoms with Gasteiger partial charge in [0.15, 0.2) is 0 Å². The first-order valence-corrected chi connectivity index (χ1v) is 7.60. The molecule has 1 N–H and O–H groups in total. The number of hydrogen-bond acceptors (Lipinski definition) is 1. The van der Waals surface area contributed by atoms with Crippen LogP contribution in [0.5, 0.6) is 0 Å². The fraction of sp³-hybridized carbons (Fsp3) is 0.556. The van der Waals surface area contributed by atoms with Crippen LogP contribution in [0.25, 0.3) is 0 Å². The maximum absolute atomic E-state index is 5.62. The second kappa shape index (κ2) is 5.39. The van der Waals surface area contributed by atoms with E-state index in [-0.39, 0.29) is 6.04 Å². The zero-order valence-corrected chi connectivity index (χ0v) is 11.7. The fourth-order valence-electron chi connectivity index (χ4n) is 3.94. The smallest absolute Gasteiger partial charge is 0.0686 e. The van der Waals surface area contributed by atoms with Gasteiger partial charge in [-0.2, -0.15) is 0 Å². The molecule has 0 amide bonds. The van der Waals surface area contributed by atoms with Gasteiger partial charge in [0.05, 0.1) is 6.04 Å². The number of terminal acetylenes is 1. The minimum Gasteiger partial charge on any atom is -0.300 e. The molecular weight excluding hydrogens is 230 g/mol. The maximum Gasteiger partial charge on any atom is 0.0686 e. The van der Waals surface area contributed by atoms with Gasteiger partial charge >= 0.3 is 0 Å². The summed E-state index contributed by atoms with van der Waals surface area (Å²) in [5.74, 6) is 4.45. The summed E-state index contributed by atoms with van der Waals surface area (Å²) in [6.45, 7) is 2.17. The number of nitrogens with one attached hydrogen (secondary N) is 1. The second-order valence-corrected chi connectivity index (χ2v) is 6.09. The van der Waals surface area contributed by atoms with Crippen molar-refractivity contribution in [2.75, 3.05) is 0 Å². The lowest BCUT2D eigenvalue weighted by Gasteiger charge is -2.26. The summed E-state index contributed by atoms with van der Waals surface area (Å²) in [5.41, 5.74) is 3.13. The minimum atomic E-state index is 0.245. The van der Waals surface area contributed by atoms with E-state index < -0.39 is 0 Å². The highest BCUT2D eigenvalue weighted by atomic mass is 15.0. The van der Waals surface area contributed by atoms with E-state index in [1.807, 2.05) is 0 Å². The Bertz CT molecular complexity index is 452. The summed E-state index contributed by atoms with van der Waals surface area (Å²) in [4.78, 5) is 0. The molecular formula is C18H23N. The first-order valence-electron chi connectivity index (χ1n) is 7.60. The third-order valence-electron chi connectivity index (χ3n) is 5.01. The lowest BCUT2D eigenvalue weighted by atomic mass is 9.94. The molecule has 1 aromatic carbocycles. The van der Waals surface area contributed by atoms with Crippen LogP contribution < -0.4 is 5.32 Å². The Morgan fingerprint density at radius 3 is 2.26 bits per heavy atom. The molecule has 1 saturated carbocycles. The van der Waals surface area contributed by atoms with E-state index in [9.17, 15) is 0 Å². The van der Waals surface area contributed by atoms with Crippen LogP contribution in [0.3, 0.4) is 0 Å². The van der Waals surface area contributed by atoms with Crippen molar-refractivity contribution in [3.63, 3.8) is 0 Å². The summed E-state index contributed by atoms with van der Waals surface area (Å²) in [5, 5.41) is 3.76. The largest absolute Gasteiger partial charge is 0.300 e. The van der Waals surface area contributed by atoms with Crippen LogP contribution in [0.1, 0.15) is 37.3 Å². The van der Waals surface area contributed by atoms with E-state index in [2.05, 4.69) is 42.4 Å². The third kappa shape index (κ3) is 2.42. The van der Waals surface area contributed by atoms with Gasteiger partial charge in [-0.25, -0.2) is 0 Å². The van der Waals surface area contributed by atoms with Gasteiger partial charge in [-0.05, 0) is 55.1 Å². The van der Waals surface area contributed by atoms with Crippen LogP contribution in [0, 0.1) is 24.2 Å². The molecule has 3 unspecified atom stereocenters.